The van der Waals surface area contributed by atoms with Gasteiger partial charge in [0.1, 0.15) is 0 Å². The number of aromatic nitrogens is 3. The molecule has 5 heteroatoms. The Kier molecular flexibility index (Phi) is 4.97. The number of hydrogen-bond acceptors (Lipinski definition) is 3. The third-order valence-electron chi connectivity index (χ3n) is 4.42. The largest absolute Gasteiger partial charge is 0.345 e. The normalized spacial score (nSPS) is 10.6. The lowest BCUT2D eigenvalue weighted by Crippen LogP contribution is -2.24. The molecule has 28 heavy (non-hydrogen) atoms. The number of benzene rings is 3. The van der Waals surface area contributed by atoms with Gasteiger partial charge in [0.25, 0.3) is 5.91 Å². The Morgan fingerprint density at radius 1 is 0.893 bits per heavy atom. The van der Waals surface area contributed by atoms with Crippen LogP contribution in [-0.4, -0.2) is 20.7 Å². The number of hydrogen-bond donors (Lipinski definition) is 1. The second kappa shape index (κ2) is 7.88. The van der Waals surface area contributed by atoms with Crippen molar-refractivity contribution in [1.82, 2.24) is 20.1 Å². The van der Waals surface area contributed by atoms with E-state index in [1.807, 2.05) is 91.9 Å². The zero-order valence-corrected chi connectivity index (χ0v) is 15.5. The monoisotopic (exact) mass is 368 g/mol. The Hall–Kier alpha value is -3.73. The lowest BCUT2D eigenvalue weighted by Gasteiger charge is -2.06. The Morgan fingerprint density at radius 2 is 1.54 bits per heavy atom. The Balaban J connectivity index is 1.66. The van der Waals surface area contributed by atoms with Crippen LogP contribution in [0.15, 0.2) is 84.9 Å². The molecular formula is C23H20N4O. The number of amides is 1. The van der Waals surface area contributed by atoms with Crippen molar-refractivity contribution in [2.75, 3.05) is 0 Å². The van der Waals surface area contributed by atoms with E-state index in [4.69, 9.17) is 0 Å². The Morgan fingerprint density at radius 3 is 2.21 bits per heavy atom. The first-order chi connectivity index (χ1) is 13.7. The summed E-state index contributed by atoms with van der Waals surface area (Å²) in [6.45, 7) is 2.46. The zero-order chi connectivity index (χ0) is 19.3. The molecule has 0 spiro atoms. The fourth-order valence-electron chi connectivity index (χ4n) is 2.91. The second-order valence-corrected chi connectivity index (χ2v) is 6.54. The number of aryl methyl sites for hydroxylation is 1. The van der Waals surface area contributed by atoms with Crippen molar-refractivity contribution in [3.8, 4) is 17.1 Å². The van der Waals surface area contributed by atoms with Crippen molar-refractivity contribution in [2.24, 2.45) is 0 Å². The first-order valence-electron chi connectivity index (χ1n) is 9.12. The lowest BCUT2D eigenvalue weighted by atomic mass is 10.2. The molecule has 1 N–H and O–H groups in total. The number of carbonyl (C=O) groups excluding carboxylic acids is 1. The highest BCUT2D eigenvalue weighted by atomic mass is 16.2. The van der Waals surface area contributed by atoms with Crippen LogP contribution in [0.1, 0.15) is 21.7 Å². The van der Waals surface area contributed by atoms with Crippen molar-refractivity contribution in [3.05, 3.63) is 102 Å². The van der Waals surface area contributed by atoms with Gasteiger partial charge in [0.2, 0.25) is 5.82 Å². The molecule has 4 rings (SSSR count). The molecule has 0 bridgehead atoms. The molecular weight excluding hydrogens is 348 g/mol. The average molecular weight is 368 g/mol. The van der Waals surface area contributed by atoms with Crippen LogP contribution >= 0.6 is 0 Å². The van der Waals surface area contributed by atoms with Crippen molar-refractivity contribution < 1.29 is 4.79 Å². The van der Waals surface area contributed by atoms with Gasteiger partial charge in [-0.1, -0.05) is 78.4 Å². The van der Waals surface area contributed by atoms with Crippen molar-refractivity contribution in [1.29, 1.82) is 0 Å². The molecule has 1 amide bonds. The van der Waals surface area contributed by atoms with E-state index in [1.54, 1.807) is 4.68 Å². The van der Waals surface area contributed by atoms with Gasteiger partial charge in [-0.15, -0.1) is 5.10 Å². The van der Waals surface area contributed by atoms with Gasteiger partial charge in [-0.05, 0) is 24.6 Å². The molecule has 0 atom stereocenters. The number of nitrogens with zero attached hydrogens (tertiary/aromatic N) is 3. The van der Waals surface area contributed by atoms with Gasteiger partial charge in [0, 0.05) is 12.1 Å². The van der Waals surface area contributed by atoms with Gasteiger partial charge in [-0.2, -0.15) is 0 Å². The highest BCUT2D eigenvalue weighted by molar-refractivity contribution is 5.91. The molecule has 0 saturated heterocycles. The fraction of sp³-hybridized carbons (Fsp3) is 0.0870. The maximum absolute atomic E-state index is 12.7. The van der Waals surface area contributed by atoms with E-state index in [2.05, 4.69) is 15.4 Å². The van der Waals surface area contributed by atoms with Crippen LogP contribution in [0.25, 0.3) is 17.1 Å². The van der Waals surface area contributed by atoms with E-state index >= 15 is 0 Å². The molecule has 4 aromatic rings. The van der Waals surface area contributed by atoms with E-state index in [1.165, 1.54) is 0 Å². The molecule has 0 saturated carbocycles. The van der Waals surface area contributed by atoms with Gasteiger partial charge in [-0.3, -0.25) is 4.79 Å². The Labute approximate surface area is 163 Å². The van der Waals surface area contributed by atoms with Gasteiger partial charge in [-0.25, -0.2) is 9.67 Å². The van der Waals surface area contributed by atoms with Crippen molar-refractivity contribution in [3.63, 3.8) is 0 Å². The summed E-state index contributed by atoms with van der Waals surface area (Å²) in [5, 5.41) is 7.38. The summed E-state index contributed by atoms with van der Waals surface area (Å²) in [6.07, 6.45) is 0. The summed E-state index contributed by atoms with van der Waals surface area (Å²) in [4.78, 5) is 17.2. The molecule has 1 aromatic heterocycles. The molecule has 0 aliphatic rings. The minimum Gasteiger partial charge on any atom is -0.345 e. The first kappa shape index (κ1) is 17.7. The molecule has 0 aliphatic heterocycles. The molecule has 0 unspecified atom stereocenters. The van der Waals surface area contributed by atoms with E-state index in [-0.39, 0.29) is 11.7 Å². The fourth-order valence-corrected chi connectivity index (χ4v) is 2.91. The number of rotatable bonds is 5. The predicted octanol–water partition coefficient (Wildman–Crippen LogP) is 4.17. The van der Waals surface area contributed by atoms with Crippen LogP contribution in [0.4, 0.5) is 0 Å². The van der Waals surface area contributed by atoms with Gasteiger partial charge >= 0.3 is 0 Å². The van der Waals surface area contributed by atoms with Crippen LogP contribution in [0.5, 0.6) is 0 Å². The van der Waals surface area contributed by atoms with Crippen LogP contribution < -0.4 is 5.32 Å². The molecule has 1 heterocycles. The quantitative estimate of drug-likeness (QED) is 0.575. The molecule has 3 aromatic carbocycles. The zero-order valence-electron chi connectivity index (χ0n) is 15.5. The van der Waals surface area contributed by atoms with E-state index in [0.717, 1.165) is 22.4 Å². The lowest BCUT2D eigenvalue weighted by molar-refractivity contribution is 0.0940. The standard InChI is InChI=1S/C23H20N4O/c1-17-12-14-20(15-13-17)27-22(19-10-6-3-7-11-19)25-21(26-27)23(28)24-16-18-8-4-2-5-9-18/h2-15H,16H2,1H3,(H,24,28). The highest BCUT2D eigenvalue weighted by Gasteiger charge is 2.18. The van der Waals surface area contributed by atoms with Crippen LogP contribution in [0.2, 0.25) is 0 Å². The topological polar surface area (TPSA) is 59.8 Å². The van der Waals surface area contributed by atoms with Crippen molar-refractivity contribution >= 4 is 5.91 Å². The Bertz CT molecular complexity index is 1070. The third kappa shape index (κ3) is 3.83. The second-order valence-electron chi connectivity index (χ2n) is 6.54. The minimum atomic E-state index is -0.299. The number of nitrogens with one attached hydrogen (secondary N) is 1. The molecule has 138 valence electrons. The summed E-state index contributed by atoms with van der Waals surface area (Å²) in [5.74, 6) is 0.483. The number of carbonyl (C=O) groups is 1. The summed E-state index contributed by atoms with van der Waals surface area (Å²) in [6, 6.07) is 27.5. The molecule has 0 aliphatic carbocycles. The van der Waals surface area contributed by atoms with Gasteiger partial charge in [0.15, 0.2) is 5.82 Å². The summed E-state index contributed by atoms with van der Waals surface area (Å²) in [5.41, 5.74) is 3.94. The molecule has 5 nitrogen and oxygen atoms in total. The minimum absolute atomic E-state index is 0.148. The van der Waals surface area contributed by atoms with E-state index < -0.39 is 0 Å². The smallest absolute Gasteiger partial charge is 0.291 e. The third-order valence-corrected chi connectivity index (χ3v) is 4.42. The summed E-state index contributed by atoms with van der Waals surface area (Å²) >= 11 is 0. The SMILES string of the molecule is Cc1ccc(-n2nc(C(=O)NCc3ccccc3)nc2-c2ccccc2)cc1. The summed E-state index contributed by atoms with van der Waals surface area (Å²) in [7, 11) is 0. The predicted molar refractivity (Wildman–Crippen MR) is 109 cm³/mol. The molecule has 0 fully saturated rings. The first-order valence-corrected chi connectivity index (χ1v) is 9.12. The maximum atomic E-state index is 12.7. The summed E-state index contributed by atoms with van der Waals surface area (Å²) < 4.78 is 1.71. The molecule has 0 radical (unpaired) electrons. The highest BCUT2D eigenvalue weighted by Crippen LogP contribution is 2.21. The van der Waals surface area contributed by atoms with E-state index in [0.29, 0.717) is 12.4 Å². The van der Waals surface area contributed by atoms with Gasteiger partial charge < -0.3 is 5.32 Å². The average Bonchev–Trinajstić information content (AvgIpc) is 3.19. The van der Waals surface area contributed by atoms with Crippen LogP contribution in [0, 0.1) is 6.92 Å². The van der Waals surface area contributed by atoms with Gasteiger partial charge in [0.05, 0.1) is 5.69 Å². The van der Waals surface area contributed by atoms with Crippen LogP contribution in [0.3, 0.4) is 0 Å². The van der Waals surface area contributed by atoms with Crippen molar-refractivity contribution in [2.45, 2.75) is 13.5 Å². The van der Waals surface area contributed by atoms with E-state index in [9.17, 15) is 4.79 Å². The van der Waals surface area contributed by atoms with Crippen LogP contribution in [-0.2, 0) is 6.54 Å². The maximum Gasteiger partial charge on any atom is 0.291 e.